The van der Waals surface area contributed by atoms with Crippen LogP contribution in [0.15, 0.2) is 0 Å². The Balaban J connectivity index is 2.08. The molecule has 0 spiro atoms. The van der Waals surface area contributed by atoms with E-state index in [1.807, 2.05) is 18.5 Å². The largest absolute Gasteiger partial charge is 0.369 e. The molecule has 0 radical (unpaired) electrons. The summed E-state index contributed by atoms with van der Waals surface area (Å²) < 4.78 is 26.7. The number of hydrogen-bond donors (Lipinski definition) is 1. The number of aromatic nitrogens is 4. The number of anilines is 1. The SMILES string of the molecule is Cc1nn(C)c2c1nc(N)n2C1CCS(=O)(=O)CC1. The number of nitrogen functional groups attached to an aromatic ring is 1. The van der Waals surface area contributed by atoms with Crippen molar-refractivity contribution in [1.82, 2.24) is 19.3 Å². The average molecular weight is 283 g/mol. The molecule has 2 aromatic heterocycles. The van der Waals surface area contributed by atoms with Crippen molar-refractivity contribution in [3.63, 3.8) is 0 Å². The van der Waals surface area contributed by atoms with E-state index in [-0.39, 0.29) is 17.5 Å². The van der Waals surface area contributed by atoms with Crippen LogP contribution in [0.4, 0.5) is 5.95 Å². The number of hydrogen-bond acceptors (Lipinski definition) is 5. The van der Waals surface area contributed by atoms with Crippen molar-refractivity contribution in [2.45, 2.75) is 25.8 Å². The Morgan fingerprint density at radius 1 is 1.32 bits per heavy atom. The minimum absolute atomic E-state index is 0.0864. The molecule has 19 heavy (non-hydrogen) atoms. The van der Waals surface area contributed by atoms with Crippen LogP contribution in [0.1, 0.15) is 24.6 Å². The molecule has 104 valence electrons. The van der Waals surface area contributed by atoms with Crippen LogP contribution in [0.25, 0.3) is 11.2 Å². The van der Waals surface area contributed by atoms with E-state index in [4.69, 9.17) is 5.73 Å². The lowest BCUT2D eigenvalue weighted by Gasteiger charge is -2.24. The Hall–Kier alpha value is -1.57. The molecule has 1 saturated heterocycles. The second kappa shape index (κ2) is 3.96. The topological polar surface area (TPSA) is 95.8 Å². The van der Waals surface area contributed by atoms with E-state index < -0.39 is 9.84 Å². The molecule has 3 heterocycles. The van der Waals surface area contributed by atoms with Gasteiger partial charge >= 0.3 is 0 Å². The number of aryl methyl sites for hydroxylation is 2. The van der Waals surface area contributed by atoms with Gasteiger partial charge in [-0.2, -0.15) is 5.10 Å². The van der Waals surface area contributed by atoms with Gasteiger partial charge in [0.1, 0.15) is 15.4 Å². The quantitative estimate of drug-likeness (QED) is 0.817. The van der Waals surface area contributed by atoms with Gasteiger partial charge in [-0.15, -0.1) is 0 Å². The van der Waals surface area contributed by atoms with Gasteiger partial charge in [-0.3, -0.25) is 9.25 Å². The van der Waals surface area contributed by atoms with Crippen LogP contribution in [-0.2, 0) is 16.9 Å². The average Bonchev–Trinajstić information content (AvgIpc) is 2.79. The molecule has 0 bridgehead atoms. The molecule has 1 fully saturated rings. The minimum Gasteiger partial charge on any atom is -0.369 e. The molecule has 0 unspecified atom stereocenters. The van der Waals surface area contributed by atoms with Crippen LogP contribution in [0.3, 0.4) is 0 Å². The zero-order valence-corrected chi connectivity index (χ0v) is 11.8. The lowest BCUT2D eigenvalue weighted by Crippen LogP contribution is -2.26. The van der Waals surface area contributed by atoms with Crippen LogP contribution in [0.5, 0.6) is 0 Å². The van der Waals surface area contributed by atoms with E-state index in [2.05, 4.69) is 10.1 Å². The molecule has 1 aliphatic heterocycles. The van der Waals surface area contributed by atoms with Crippen molar-refractivity contribution < 1.29 is 8.42 Å². The molecule has 1 aliphatic rings. The number of imidazole rings is 1. The first-order valence-electron chi connectivity index (χ1n) is 6.26. The Bertz CT molecular complexity index is 729. The molecule has 8 heteroatoms. The standard InChI is InChI=1S/C11H17N5O2S/c1-7-9-10(15(2)14-7)16(11(12)13-9)8-3-5-19(17,18)6-4-8/h8H,3-6H2,1-2H3,(H2,12,13). The highest BCUT2D eigenvalue weighted by Gasteiger charge is 2.28. The highest BCUT2D eigenvalue weighted by Crippen LogP contribution is 2.31. The maximum absolute atomic E-state index is 11.5. The molecule has 2 aromatic rings. The van der Waals surface area contributed by atoms with Crippen molar-refractivity contribution in [3.8, 4) is 0 Å². The van der Waals surface area contributed by atoms with Gasteiger partial charge in [0.15, 0.2) is 5.65 Å². The molecule has 0 aliphatic carbocycles. The van der Waals surface area contributed by atoms with Crippen LogP contribution in [0.2, 0.25) is 0 Å². The highest BCUT2D eigenvalue weighted by atomic mass is 32.2. The first-order valence-corrected chi connectivity index (χ1v) is 8.08. The third-order valence-corrected chi connectivity index (χ3v) is 5.47. The first-order chi connectivity index (χ1) is 8.89. The third-order valence-electron chi connectivity index (χ3n) is 3.75. The smallest absolute Gasteiger partial charge is 0.202 e. The maximum Gasteiger partial charge on any atom is 0.202 e. The number of nitrogens with zero attached hydrogens (tertiary/aromatic N) is 4. The summed E-state index contributed by atoms with van der Waals surface area (Å²) in [6, 6.07) is 0.0864. The van der Waals surface area contributed by atoms with Crippen LogP contribution in [-0.4, -0.2) is 39.3 Å². The van der Waals surface area contributed by atoms with Crippen molar-refractivity contribution in [3.05, 3.63) is 5.69 Å². The van der Waals surface area contributed by atoms with E-state index in [0.29, 0.717) is 18.8 Å². The fourth-order valence-electron chi connectivity index (χ4n) is 2.81. The van der Waals surface area contributed by atoms with Gasteiger partial charge in [0.25, 0.3) is 0 Å². The monoisotopic (exact) mass is 283 g/mol. The highest BCUT2D eigenvalue weighted by molar-refractivity contribution is 7.91. The minimum atomic E-state index is -2.87. The molecule has 0 amide bonds. The molecular formula is C11H17N5O2S. The maximum atomic E-state index is 11.5. The summed E-state index contributed by atoms with van der Waals surface area (Å²) in [7, 11) is -1.02. The van der Waals surface area contributed by atoms with Crippen molar-refractivity contribution in [1.29, 1.82) is 0 Å². The second-order valence-electron chi connectivity index (χ2n) is 5.10. The normalized spacial score (nSPS) is 20.1. The van der Waals surface area contributed by atoms with Gasteiger partial charge in [-0.25, -0.2) is 13.4 Å². The van der Waals surface area contributed by atoms with Gasteiger partial charge in [0, 0.05) is 13.1 Å². The summed E-state index contributed by atoms with van der Waals surface area (Å²) in [5, 5.41) is 4.33. The second-order valence-corrected chi connectivity index (χ2v) is 7.41. The van der Waals surface area contributed by atoms with E-state index in [1.54, 1.807) is 4.68 Å². The molecule has 0 saturated carbocycles. The van der Waals surface area contributed by atoms with Crippen LogP contribution in [0, 0.1) is 6.92 Å². The van der Waals surface area contributed by atoms with E-state index in [9.17, 15) is 8.42 Å². The van der Waals surface area contributed by atoms with Crippen molar-refractivity contribution in [2.24, 2.45) is 7.05 Å². The lowest BCUT2D eigenvalue weighted by molar-refractivity contribution is 0.457. The fraction of sp³-hybridized carbons (Fsp3) is 0.636. The zero-order chi connectivity index (χ0) is 13.8. The molecule has 3 rings (SSSR count). The summed E-state index contributed by atoms with van der Waals surface area (Å²) >= 11 is 0. The van der Waals surface area contributed by atoms with Crippen molar-refractivity contribution >= 4 is 26.9 Å². The Labute approximate surface area is 111 Å². The number of rotatable bonds is 1. The summed E-state index contributed by atoms with van der Waals surface area (Å²) in [5.41, 5.74) is 8.51. The van der Waals surface area contributed by atoms with Gasteiger partial charge in [-0.05, 0) is 19.8 Å². The first kappa shape index (κ1) is 12.5. The zero-order valence-electron chi connectivity index (χ0n) is 11.0. The molecule has 0 atom stereocenters. The van der Waals surface area contributed by atoms with Gasteiger partial charge < -0.3 is 5.73 Å². The number of sulfone groups is 1. The van der Waals surface area contributed by atoms with Crippen LogP contribution < -0.4 is 5.73 Å². The van der Waals surface area contributed by atoms with Gasteiger partial charge in [0.2, 0.25) is 5.95 Å². The van der Waals surface area contributed by atoms with E-state index in [0.717, 1.165) is 16.9 Å². The molecule has 0 aromatic carbocycles. The van der Waals surface area contributed by atoms with Crippen LogP contribution >= 0.6 is 0 Å². The summed E-state index contributed by atoms with van der Waals surface area (Å²) in [6.07, 6.45) is 1.17. The Morgan fingerprint density at radius 2 is 1.95 bits per heavy atom. The summed E-state index contributed by atoms with van der Waals surface area (Å²) in [5.74, 6) is 0.872. The fourth-order valence-corrected chi connectivity index (χ4v) is 4.27. The van der Waals surface area contributed by atoms with Gasteiger partial charge in [0.05, 0.1) is 17.2 Å². The molecular weight excluding hydrogens is 266 g/mol. The van der Waals surface area contributed by atoms with Gasteiger partial charge in [-0.1, -0.05) is 0 Å². The third kappa shape index (κ3) is 1.90. The molecule has 7 nitrogen and oxygen atoms in total. The summed E-state index contributed by atoms with van der Waals surface area (Å²) in [6.45, 7) is 1.89. The number of nitrogens with two attached hydrogens (primary N) is 1. The Kier molecular flexibility index (Phi) is 2.60. The summed E-state index contributed by atoms with van der Waals surface area (Å²) in [4.78, 5) is 4.35. The molecule has 2 N–H and O–H groups in total. The number of fused-ring (bicyclic) bond motifs is 1. The van der Waals surface area contributed by atoms with E-state index >= 15 is 0 Å². The predicted octanol–water partition coefficient (Wildman–Crippen LogP) is 0.410. The predicted molar refractivity (Wildman–Crippen MR) is 72.6 cm³/mol. The lowest BCUT2D eigenvalue weighted by atomic mass is 10.1. The Morgan fingerprint density at radius 3 is 2.58 bits per heavy atom. The van der Waals surface area contributed by atoms with Crippen molar-refractivity contribution in [2.75, 3.05) is 17.2 Å². The van der Waals surface area contributed by atoms with E-state index in [1.165, 1.54) is 0 Å².